The summed E-state index contributed by atoms with van der Waals surface area (Å²) in [6, 6.07) is -0.0289. The number of aryl methyl sites for hydroxylation is 1. The molecule has 4 heterocycles. The van der Waals surface area contributed by atoms with Gasteiger partial charge in [-0.25, -0.2) is 9.67 Å². The lowest BCUT2D eigenvalue weighted by Gasteiger charge is -2.14. The predicted molar refractivity (Wildman–Crippen MR) is 111 cm³/mol. The van der Waals surface area contributed by atoms with Crippen molar-refractivity contribution in [3.63, 3.8) is 0 Å². The van der Waals surface area contributed by atoms with Crippen LogP contribution in [0.3, 0.4) is 0 Å². The molecule has 152 valence electrons. The Labute approximate surface area is 172 Å². The first-order chi connectivity index (χ1) is 13.9. The zero-order valence-corrected chi connectivity index (χ0v) is 17.6. The van der Waals surface area contributed by atoms with Gasteiger partial charge in [-0.05, 0) is 13.8 Å². The van der Waals surface area contributed by atoms with Crippen molar-refractivity contribution >= 4 is 34.7 Å². The van der Waals surface area contributed by atoms with Gasteiger partial charge in [0.2, 0.25) is 11.9 Å². The number of hydrogen-bond donors (Lipinski definition) is 2. The predicted octanol–water partition coefficient (Wildman–Crippen LogP) is 1.63. The second kappa shape index (κ2) is 7.51. The van der Waals surface area contributed by atoms with Crippen LogP contribution < -0.4 is 15.8 Å². The molecule has 0 bridgehead atoms. The van der Waals surface area contributed by atoms with Gasteiger partial charge in [-0.15, -0.1) is 11.8 Å². The second-order valence-corrected chi connectivity index (χ2v) is 8.16. The van der Waals surface area contributed by atoms with Gasteiger partial charge in [0.1, 0.15) is 10.8 Å². The Kier molecular flexibility index (Phi) is 5.03. The van der Waals surface area contributed by atoms with Gasteiger partial charge in [0.25, 0.3) is 0 Å². The summed E-state index contributed by atoms with van der Waals surface area (Å²) >= 11 is 1.56. The van der Waals surface area contributed by atoms with Crippen molar-refractivity contribution in [3.8, 4) is 5.75 Å². The van der Waals surface area contributed by atoms with E-state index in [4.69, 9.17) is 15.6 Å². The molecule has 3 aromatic rings. The van der Waals surface area contributed by atoms with E-state index in [-0.39, 0.29) is 17.9 Å². The molecule has 0 saturated carbocycles. The Morgan fingerprint density at radius 1 is 1.41 bits per heavy atom. The van der Waals surface area contributed by atoms with Crippen LogP contribution >= 0.6 is 11.8 Å². The number of nitrogen functional groups attached to an aromatic ring is 1. The second-order valence-electron chi connectivity index (χ2n) is 7.15. The summed E-state index contributed by atoms with van der Waals surface area (Å²) < 4.78 is 7.34. The van der Waals surface area contributed by atoms with Gasteiger partial charge >= 0.3 is 0 Å². The highest BCUT2D eigenvalue weighted by atomic mass is 32.2. The molecule has 0 aromatic carbocycles. The van der Waals surface area contributed by atoms with Crippen LogP contribution in [0.4, 0.5) is 5.95 Å². The molecule has 0 saturated heterocycles. The molecule has 1 unspecified atom stereocenters. The van der Waals surface area contributed by atoms with E-state index in [1.807, 2.05) is 18.5 Å². The smallest absolute Gasteiger partial charge is 0.223 e. The number of hydrogen-bond acceptors (Lipinski definition) is 8. The Bertz CT molecular complexity index is 1110. The van der Waals surface area contributed by atoms with Crippen LogP contribution in [0.5, 0.6) is 5.75 Å². The first-order valence-corrected chi connectivity index (χ1v) is 10.3. The van der Waals surface area contributed by atoms with Gasteiger partial charge in [0, 0.05) is 42.5 Å². The van der Waals surface area contributed by atoms with Gasteiger partial charge in [0.15, 0.2) is 5.65 Å². The fraction of sp³-hybridized carbons (Fsp3) is 0.421. The molecule has 3 N–H and O–H groups in total. The van der Waals surface area contributed by atoms with Gasteiger partial charge in [-0.1, -0.05) is 0 Å². The number of ether oxygens (including phenoxy) is 1. The van der Waals surface area contributed by atoms with Crippen molar-refractivity contribution in [3.05, 3.63) is 28.7 Å². The van der Waals surface area contributed by atoms with Crippen molar-refractivity contribution in [2.45, 2.75) is 44.8 Å². The van der Waals surface area contributed by atoms with E-state index >= 15 is 0 Å². The van der Waals surface area contributed by atoms with Crippen molar-refractivity contribution in [1.82, 2.24) is 30.0 Å². The first-order valence-electron chi connectivity index (χ1n) is 9.29. The van der Waals surface area contributed by atoms with Crippen molar-refractivity contribution < 1.29 is 9.53 Å². The highest BCUT2D eigenvalue weighted by Crippen LogP contribution is 2.34. The standard InChI is InChI=1S/C19H23N7O2S/c1-9-6-21-14(10(2)16(9)28-4)7-26-17-15-13(25-26)5-12(22-11(3)27)8-29-18(15)24-19(20)23-17/h6,12H,5,7-8H2,1-4H3,(H,22,27)(H2,20,23,24). The molecule has 29 heavy (non-hydrogen) atoms. The lowest BCUT2D eigenvalue weighted by Crippen LogP contribution is -2.36. The summed E-state index contributed by atoms with van der Waals surface area (Å²) in [5, 5.41) is 9.49. The highest BCUT2D eigenvalue weighted by molar-refractivity contribution is 7.99. The number of thioether (sulfide) groups is 1. The number of pyridine rings is 1. The third kappa shape index (κ3) is 3.59. The number of rotatable bonds is 4. The third-order valence-corrected chi connectivity index (χ3v) is 6.10. The summed E-state index contributed by atoms with van der Waals surface area (Å²) in [6.07, 6.45) is 2.41. The summed E-state index contributed by atoms with van der Waals surface area (Å²) in [7, 11) is 1.66. The van der Waals surface area contributed by atoms with E-state index in [1.165, 1.54) is 6.92 Å². The minimum atomic E-state index is -0.0607. The molecule has 3 aromatic heterocycles. The number of nitrogens with one attached hydrogen (secondary N) is 1. The minimum absolute atomic E-state index is 0.0289. The Morgan fingerprint density at radius 3 is 2.93 bits per heavy atom. The number of nitrogens with zero attached hydrogens (tertiary/aromatic N) is 5. The van der Waals surface area contributed by atoms with Crippen molar-refractivity contribution in [2.24, 2.45) is 0 Å². The monoisotopic (exact) mass is 413 g/mol. The fourth-order valence-corrected chi connectivity index (χ4v) is 4.78. The molecule has 0 fully saturated rings. The van der Waals surface area contributed by atoms with Crippen LogP contribution in [-0.4, -0.2) is 49.5 Å². The summed E-state index contributed by atoms with van der Waals surface area (Å²) in [4.78, 5) is 25.0. The number of methoxy groups -OCH3 is 1. The summed E-state index contributed by atoms with van der Waals surface area (Å²) in [5.74, 6) is 1.67. The zero-order chi connectivity index (χ0) is 20.7. The lowest BCUT2D eigenvalue weighted by atomic mass is 10.1. The van der Waals surface area contributed by atoms with E-state index in [9.17, 15) is 4.79 Å². The Hall–Kier alpha value is -2.88. The Balaban J connectivity index is 1.79. The minimum Gasteiger partial charge on any atom is -0.496 e. The van der Waals surface area contributed by atoms with E-state index < -0.39 is 0 Å². The normalized spacial score (nSPS) is 15.9. The molecule has 0 spiro atoms. The molecule has 10 heteroatoms. The van der Waals surface area contributed by atoms with Gasteiger partial charge in [0.05, 0.1) is 30.4 Å². The maximum absolute atomic E-state index is 11.6. The topological polar surface area (TPSA) is 121 Å². The number of aromatic nitrogens is 5. The molecular weight excluding hydrogens is 390 g/mol. The SMILES string of the molecule is COc1c(C)cnc(Cn2nc3c4c(nc(N)nc42)SCC(NC(C)=O)C3)c1C. The average Bonchev–Trinajstić information content (AvgIpc) is 2.89. The van der Waals surface area contributed by atoms with Crippen LogP contribution in [0.15, 0.2) is 11.2 Å². The summed E-state index contributed by atoms with van der Waals surface area (Å²) in [5.41, 5.74) is 10.3. The number of amides is 1. The van der Waals surface area contributed by atoms with Crippen LogP contribution in [0.1, 0.15) is 29.4 Å². The van der Waals surface area contributed by atoms with Crippen molar-refractivity contribution in [2.75, 3.05) is 18.6 Å². The maximum atomic E-state index is 11.6. The molecule has 1 atom stereocenters. The van der Waals surface area contributed by atoms with Crippen LogP contribution in [-0.2, 0) is 17.8 Å². The molecular formula is C19H23N7O2S. The quantitative estimate of drug-likeness (QED) is 0.619. The first kappa shape index (κ1) is 19.4. The summed E-state index contributed by atoms with van der Waals surface area (Å²) in [6.45, 7) is 5.91. The van der Waals surface area contributed by atoms with E-state index in [1.54, 1.807) is 25.1 Å². The number of carbonyl (C=O) groups is 1. The molecule has 0 radical (unpaired) electrons. The molecule has 4 rings (SSSR count). The van der Waals surface area contributed by atoms with E-state index in [0.717, 1.165) is 38.7 Å². The van der Waals surface area contributed by atoms with Crippen LogP contribution in [0.2, 0.25) is 0 Å². The average molecular weight is 414 g/mol. The maximum Gasteiger partial charge on any atom is 0.223 e. The molecule has 1 aliphatic rings. The van der Waals surface area contributed by atoms with Crippen molar-refractivity contribution in [1.29, 1.82) is 0 Å². The van der Waals surface area contributed by atoms with Gasteiger partial charge in [-0.2, -0.15) is 10.1 Å². The third-order valence-electron chi connectivity index (χ3n) is 4.97. The largest absolute Gasteiger partial charge is 0.496 e. The molecule has 1 aliphatic heterocycles. The fourth-order valence-electron chi connectivity index (χ4n) is 3.71. The van der Waals surface area contributed by atoms with Crippen LogP contribution in [0, 0.1) is 13.8 Å². The molecule has 1 amide bonds. The lowest BCUT2D eigenvalue weighted by molar-refractivity contribution is -0.119. The highest BCUT2D eigenvalue weighted by Gasteiger charge is 2.26. The zero-order valence-electron chi connectivity index (χ0n) is 16.8. The number of nitrogens with two attached hydrogens (primary N) is 1. The van der Waals surface area contributed by atoms with Gasteiger partial charge in [-0.3, -0.25) is 9.78 Å². The Morgan fingerprint density at radius 2 is 2.21 bits per heavy atom. The number of carbonyl (C=O) groups excluding carboxylic acids is 1. The molecule has 9 nitrogen and oxygen atoms in total. The van der Waals surface area contributed by atoms with E-state index in [0.29, 0.717) is 24.4 Å². The van der Waals surface area contributed by atoms with E-state index in [2.05, 4.69) is 20.3 Å². The van der Waals surface area contributed by atoms with Crippen LogP contribution in [0.25, 0.3) is 11.0 Å². The number of anilines is 1. The molecule has 0 aliphatic carbocycles. The van der Waals surface area contributed by atoms with Gasteiger partial charge < -0.3 is 15.8 Å².